The summed E-state index contributed by atoms with van der Waals surface area (Å²) < 4.78 is 19.8. The van der Waals surface area contributed by atoms with E-state index >= 15 is 0 Å². The largest absolute Gasteiger partial charge is 0.472 e. The average Bonchev–Trinajstić information content (AvgIpc) is 2.33. The molecule has 0 aliphatic rings. The number of phosphoric ester groups is 1. The van der Waals surface area contributed by atoms with Gasteiger partial charge in [-0.15, -0.1) is 0 Å². The Kier molecular flexibility index (Phi) is 7.76. The molecule has 0 spiro atoms. The van der Waals surface area contributed by atoms with Crippen LogP contribution < -0.4 is 0 Å². The number of hydrogen-bond acceptors (Lipinski definition) is 8. The van der Waals surface area contributed by atoms with Crippen LogP contribution in [0, 0.1) is 0 Å². The van der Waals surface area contributed by atoms with Gasteiger partial charge >= 0.3 is 7.82 Å². The molecule has 5 N–H and O–H groups in total. The van der Waals surface area contributed by atoms with E-state index < -0.39 is 38.8 Å². The fourth-order valence-electron chi connectivity index (χ4n) is 1.05. The van der Waals surface area contributed by atoms with E-state index in [1.165, 1.54) is 6.92 Å². The molecule has 0 heterocycles. The molecule has 0 aromatic rings. The van der Waals surface area contributed by atoms with Gasteiger partial charge in [0.15, 0.2) is 12.4 Å². The zero-order valence-corrected chi connectivity index (χ0v) is 10.5. The Hall–Kier alpha value is -0.380. The van der Waals surface area contributed by atoms with Crippen LogP contribution in [0.5, 0.6) is 0 Å². The molecule has 0 radical (unpaired) electrons. The number of phosphoric acid groups is 1. The number of aldehydes is 1. The van der Waals surface area contributed by atoms with Crippen LogP contribution in [0.2, 0.25) is 0 Å². The van der Waals surface area contributed by atoms with Crippen molar-refractivity contribution >= 4 is 14.1 Å². The Labute approximate surface area is 103 Å². The van der Waals surface area contributed by atoms with E-state index in [0.717, 1.165) is 0 Å². The van der Waals surface area contributed by atoms with Crippen LogP contribution in [0.15, 0.2) is 0 Å². The molecule has 0 aromatic heterocycles. The summed E-state index contributed by atoms with van der Waals surface area (Å²) in [6.07, 6.45) is -7.56. The van der Waals surface area contributed by atoms with Gasteiger partial charge in [0.2, 0.25) is 0 Å². The SMILES string of the molecule is CCOP(=O)(O)O[C@H](C=O)[C@@H](O)[C@H](O)[C@H](O)CO. The number of aliphatic hydroxyl groups is 4. The molecular formula is C8H17O9P. The van der Waals surface area contributed by atoms with Crippen molar-refractivity contribution in [2.75, 3.05) is 13.2 Å². The minimum absolute atomic E-state index is 0.0279. The molecule has 0 fully saturated rings. The van der Waals surface area contributed by atoms with E-state index in [4.69, 9.17) is 15.1 Å². The standard InChI is InChI=1S/C8H17O9P/c1-2-16-18(14,15)17-6(4-10)8(13)7(12)5(11)3-9/h4-9,11-13H,2-3H2,1H3,(H,14,15)/t5-,6-,7-,8-/m1/s1. The van der Waals surface area contributed by atoms with Crippen molar-refractivity contribution in [2.45, 2.75) is 31.3 Å². The molecule has 0 saturated heterocycles. The quantitative estimate of drug-likeness (QED) is 0.234. The van der Waals surface area contributed by atoms with E-state index in [0.29, 0.717) is 0 Å². The van der Waals surface area contributed by atoms with Crippen molar-refractivity contribution in [3.05, 3.63) is 0 Å². The van der Waals surface area contributed by atoms with Crippen LogP contribution >= 0.6 is 7.82 Å². The van der Waals surface area contributed by atoms with Gasteiger partial charge in [0.1, 0.15) is 18.3 Å². The number of carbonyl (C=O) groups excluding carboxylic acids is 1. The predicted octanol–water partition coefficient (Wildman–Crippen LogP) is -2.22. The number of hydrogen-bond donors (Lipinski definition) is 5. The number of aliphatic hydroxyl groups excluding tert-OH is 4. The minimum atomic E-state index is -4.54. The van der Waals surface area contributed by atoms with Gasteiger partial charge in [0.05, 0.1) is 13.2 Å². The highest BCUT2D eigenvalue weighted by atomic mass is 31.2. The monoisotopic (exact) mass is 288 g/mol. The highest BCUT2D eigenvalue weighted by molar-refractivity contribution is 7.47. The maximum absolute atomic E-state index is 11.2. The van der Waals surface area contributed by atoms with Gasteiger partial charge < -0.3 is 30.1 Å². The first-order valence-corrected chi connectivity index (χ1v) is 6.54. The van der Waals surface area contributed by atoms with Gasteiger partial charge in [-0.3, -0.25) is 9.05 Å². The fraction of sp³-hybridized carbons (Fsp3) is 0.875. The Bertz CT molecular complexity index is 296. The molecule has 0 aliphatic heterocycles. The lowest BCUT2D eigenvalue weighted by atomic mass is 10.0. The second-order valence-electron chi connectivity index (χ2n) is 3.32. The molecular weight excluding hydrogens is 271 g/mol. The summed E-state index contributed by atoms with van der Waals surface area (Å²) in [5.41, 5.74) is 0. The molecule has 1 unspecified atom stereocenters. The average molecular weight is 288 g/mol. The summed E-state index contributed by atoms with van der Waals surface area (Å²) in [6, 6.07) is 0. The van der Waals surface area contributed by atoms with Crippen LogP contribution in [0.1, 0.15) is 6.92 Å². The van der Waals surface area contributed by atoms with E-state index in [1.54, 1.807) is 0 Å². The Balaban J connectivity index is 4.68. The molecule has 0 amide bonds. The van der Waals surface area contributed by atoms with Gasteiger partial charge in [0, 0.05) is 0 Å². The third-order valence-corrected chi connectivity index (χ3v) is 3.04. The summed E-state index contributed by atoms with van der Waals surface area (Å²) in [7, 11) is -4.54. The lowest BCUT2D eigenvalue weighted by Gasteiger charge is -2.26. The van der Waals surface area contributed by atoms with Crippen molar-refractivity contribution < 1.29 is 43.7 Å². The molecule has 0 saturated carbocycles. The summed E-state index contributed by atoms with van der Waals surface area (Å²) in [5, 5.41) is 36.3. The van der Waals surface area contributed by atoms with Crippen LogP contribution in [0.3, 0.4) is 0 Å². The van der Waals surface area contributed by atoms with Crippen molar-refractivity contribution in [3.63, 3.8) is 0 Å². The van der Waals surface area contributed by atoms with Gasteiger partial charge in [-0.05, 0) is 6.92 Å². The smallest absolute Gasteiger partial charge is 0.394 e. The Morgan fingerprint density at radius 2 is 1.83 bits per heavy atom. The zero-order valence-electron chi connectivity index (χ0n) is 9.62. The predicted molar refractivity (Wildman–Crippen MR) is 57.5 cm³/mol. The highest BCUT2D eigenvalue weighted by Crippen LogP contribution is 2.44. The molecule has 108 valence electrons. The second-order valence-corrected chi connectivity index (χ2v) is 4.73. The molecule has 9 nitrogen and oxygen atoms in total. The first-order chi connectivity index (χ1) is 8.29. The molecule has 5 atom stereocenters. The van der Waals surface area contributed by atoms with E-state index in [1.807, 2.05) is 0 Å². The lowest BCUT2D eigenvalue weighted by Crippen LogP contribution is -2.47. The first kappa shape index (κ1) is 17.6. The molecule has 0 rings (SSSR count). The summed E-state index contributed by atoms with van der Waals surface area (Å²) in [6.45, 7) is 0.367. The summed E-state index contributed by atoms with van der Waals surface area (Å²) >= 11 is 0. The van der Waals surface area contributed by atoms with Crippen molar-refractivity contribution in [1.29, 1.82) is 0 Å². The molecule has 0 bridgehead atoms. The minimum Gasteiger partial charge on any atom is -0.394 e. The van der Waals surface area contributed by atoms with Gasteiger partial charge in [-0.1, -0.05) is 0 Å². The molecule has 0 aliphatic carbocycles. The Morgan fingerprint density at radius 1 is 1.28 bits per heavy atom. The zero-order chi connectivity index (χ0) is 14.3. The van der Waals surface area contributed by atoms with Gasteiger partial charge in [0.25, 0.3) is 0 Å². The van der Waals surface area contributed by atoms with Crippen LogP contribution in [-0.2, 0) is 18.4 Å². The maximum atomic E-state index is 11.2. The van der Waals surface area contributed by atoms with Crippen LogP contribution in [0.4, 0.5) is 0 Å². The highest BCUT2D eigenvalue weighted by Gasteiger charge is 2.36. The summed E-state index contributed by atoms with van der Waals surface area (Å²) in [4.78, 5) is 19.7. The van der Waals surface area contributed by atoms with Crippen molar-refractivity contribution in [1.82, 2.24) is 0 Å². The molecule has 10 heteroatoms. The van der Waals surface area contributed by atoms with Crippen LogP contribution in [0.25, 0.3) is 0 Å². The van der Waals surface area contributed by atoms with E-state index in [-0.39, 0.29) is 12.9 Å². The number of rotatable bonds is 9. The lowest BCUT2D eigenvalue weighted by molar-refractivity contribution is -0.135. The normalized spacial score (nSPS) is 21.7. The topological polar surface area (TPSA) is 154 Å². The van der Waals surface area contributed by atoms with E-state index in [2.05, 4.69) is 9.05 Å². The Morgan fingerprint density at radius 3 is 2.22 bits per heavy atom. The van der Waals surface area contributed by atoms with Crippen molar-refractivity contribution in [2.24, 2.45) is 0 Å². The van der Waals surface area contributed by atoms with Gasteiger partial charge in [-0.2, -0.15) is 0 Å². The third-order valence-electron chi connectivity index (χ3n) is 1.95. The van der Waals surface area contributed by atoms with Gasteiger partial charge in [-0.25, -0.2) is 4.57 Å². The molecule has 0 aromatic carbocycles. The second kappa shape index (κ2) is 7.93. The number of carbonyl (C=O) groups is 1. The third kappa shape index (κ3) is 5.51. The van der Waals surface area contributed by atoms with E-state index in [9.17, 15) is 19.6 Å². The molecule has 18 heavy (non-hydrogen) atoms. The van der Waals surface area contributed by atoms with Crippen molar-refractivity contribution in [3.8, 4) is 0 Å². The maximum Gasteiger partial charge on any atom is 0.472 e. The fourth-order valence-corrected chi connectivity index (χ4v) is 1.91. The summed E-state index contributed by atoms with van der Waals surface area (Å²) in [5.74, 6) is 0. The first-order valence-electron chi connectivity index (χ1n) is 5.05. The van der Waals surface area contributed by atoms with Crippen LogP contribution in [-0.4, -0.2) is 69.2 Å².